The van der Waals surface area contributed by atoms with Crippen molar-refractivity contribution in [3.8, 4) is 0 Å². The van der Waals surface area contributed by atoms with Crippen LogP contribution >= 0.6 is 0 Å². The molecule has 0 saturated carbocycles. The normalized spacial score (nSPS) is 10.8. The molecule has 1 heterocycles. The minimum absolute atomic E-state index is 0.0353. The molecule has 3 rings (SSSR count). The second kappa shape index (κ2) is 10.0. The molecule has 0 aliphatic heterocycles. The molecule has 0 aliphatic carbocycles. The number of nitrogens with zero attached hydrogens (tertiary/aromatic N) is 2. The van der Waals surface area contributed by atoms with E-state index < -0.39 is 5.82 Å². The molecule has 0 radical (unpaired) electrons. The first kappa shape index (κ1) is 22.2. The number of halogens is 1. The van der Waals surface area contributed by atoms with Gasteiger partial charge in [0.05, 0.1) is 0 Å². The summed E-state index contributed by atoms with van der Waals surface area (Å²) < 4.78 is 14.8. The summed E-state index contributed by atoms with van der Waals surface area (Å²) in [5.74, 6) is -0.826. The van der Waals surface area contributed by atoms with Crippen LogP contribution in [0.4, 0.5) is 10.1 Å². The molecular weight excluding hydrogens is 397 g/mol. The summed E-state index contributed by atoms with van der Waals surface area (Å²) in [7, 11) is 0. The maximum atomic E-state index is 13.0. The lowest BCUT2D eigenvalue weighted by Gasteiger charge is -2.19. The predicted octanol–water partition coefficient (Wildman–Crippen LogP) is 4.25. The topological polar surface area (TPSA) is 71.4 Å². The zero-order valence-electron chi connectivity index (χ0n) is 17.7. The Morgan fingerprint density at radius 1 is 0.968 bits per heavy atom. The van der Waals surface area contributed by atoms with Gasteiger partial charge in [-0.3, -0.25) is 14.4 Å². The molecule has 0 spiro atoms. The lowest BCUT2D eigenvalue weighted by molar-refractivity contribution is -0.131. The number of hydrogen-bond donors (Lipinski definition) is 1. The number of amides is 2. The van der Waals surface area contributed by atoms with Gasteiger partial charge >= 0.3 is 0 Å². The number of nitrogens with one attached hydrogen (secondary N) is 1. The number of carbonyl (C=O) groups is 3. The van der Waals surface area contributed by atoms with Crippen LogP contribution < -0.4 is 5.32 Å². The van der Waals surface area contributed by atoms with E-state index in [2.05, 4.69) is 5.32 Å². The largest absolute Gasteiger partial charge is 0.342 e. The number of rotatable bonds is 9. The highest BCUT2D eigenvalue weighted by Gasteiger charge is 2.13. The Hall–Kier alpha value is -3.48. The molecule has 0 aliphatic rings. The monoisotopic (exact) mass is 423 g/mol. The van der Waals surface area contributed by atoms with Gasteiger partial charge in [0, 0.05) is 54.3 Å². The van der Waals surface area contributed by atoms with Crippen LogP contribution in [0, 0.1) is 5.82 Å². The van der Waals surface area contributed by atoms with Crippen molar-refractivity contribution in [2.45, 2.75) is 33.2 Å². The van der Waals surface area contributed by atoms with Crippen molar-refractivity contribution in [3.05, 3.63) is 66.1 Å². The number of hydrogen-bond acceptors (Lipinski definition) is 3. The van der Waals surface area contributed by atoms with Crippen LogP contribution in [0.2, 0.25) is 0 Å². The Balaban J connectivity index is 1.59. The zero-order valence-corrected chi connectivity index (χ0v) is 17.7. The van der Waals surface area contributed by atoms with Gasteiger partial charge in [0.25, 0.3) is 0 Å². The first-order chi connectivity index (χ1) is 14.9. The molecule has 0 bridgehead atoms. The van der Waals surface area contributed by atoms with Crippen molar-refractivity contribution >= 4 is 34.2 Å². The summed E-state index contributed by atoms with van der Waals surface area (Å²) in [6.07, 6.45) is 1.94. The SMILES string of the molecule is CCN(CC)C(=O)Cn1ccc2cc(NC(=O)CCC(=O)c3ccc(F)cc3)ccc21. The van der Waals surface area contributed by atoms with Gasteiger partial charge in [-0.2, -0.15) is 0 Å². The average molecular weight is 423 g/mol. The van der Waals surface area contributed by atoms with Crippen molar-refractivity contribution in [2.24, 2.45) is 0 Å². The van der Waals surface area contributed by atoms with Gasteiger partial charge in [-0.25, -0.2) is 4.39 Å². The Morgan fingerprint density at radius 2 is 1.68 bits per heavy atom. The highest BCUT2D eigenvalue weighted by molar-refractivity contribution is 6.00. The summed E-state index contributed by atoms with van der Waals surface area (Å²) in [6, 6.07) is 12.7. The van der Waals surface area contributed by atoms with Crippen LogP contribution in [0.1, 0.15) is 37.0 Å². The number of fused-ring (bicyclic) bond motifs is 1. The molecular formula is C24H26FN3O3. The van der Waals surface area contributed by atoms with E-state index in [0.29, 0.717) is 24.3 Å². The number of ketones is 1. The number of anilines is 1. The standard InChI is InChI=1S/C24H26FN3O3/c1-3-27(4-2)24(31)16-28-14-13-18-15-20(9-10-21(18)28)26-23(30)12-11-22(29)17-5-7-19(25)8-6-17/h5-10,13-15H,3-4,11-12,16H2,1-2H3,(H,26,30). The van der Waals surface area contributed by atoms with Crippen molar-refractivity contribution in [1.82, 2.24) is 9.47 Å². The van der Waals surface area contributed by atoms with Crippen LogP contribution in [-0.2, 0) is 16.1 Å². The van der Waals surface area contributed by atoms with Gasteiger partial charge in [0.15, 0.2) is 5.78 Å². The molecule has 1 aromatic heterocycles. The lowest BCUT2D eigenvalue weighted by atomic mass is 10.1. The van der Waals surface area contributed by atoms with Crippen molar-refractivity contribution in [2.75, 3.05) is 18.4 Å². The molecule has 0 unspecified atom stereocenters. The first-order valence-corrected chi connectivity index (χ1v) is 10.4. The van der Waals surface area contributed by atoms with Crippen molar-refractivity contribution < 1.29 is 18.8 Å². The molecule has 0 saturated heterocycles. The van der Waals surface area contributed by atoms with E-state index in [1.807, 2.05) is 42.8 Å². The minimum Gasteiger partial charge on any atom is -0.342 e. The van der Waals surface area contributed by atoms with E-state index in [1.54, 1.807) is 11.0 Å². The fourth-order valence-electron chi connectivity index (χ4n) is 3.47. The summed E-state index contributed by atoms with van der Waals surface area (Å²) in [6.45, 7) is 5.53. The fraction of sp³-hybridized carbons (Fsp3) is 0.292. The second-order valence-electron chi connectivity index (χ2n) is 7.26. The first-order valence-electron chi connectivity index (χ1n) is 10.4. The number of aromatic nitrogens is 1. The highest BCUT2D eigenvalue weighted by atomic mass is 19.1. The Morgan fingerprint density at radius 3 is 2.35 bits per heavy atom. The van der Waals surface area contributed by atoms with Gasteiger partial charge in [-0.1, -0.05) is 0 Å². The van der Waals surface area contributed by atoms with Gasteiger partial charge < -0.3 is 14.8 Å². The van der Waals surface area contributed by atoms with Gasteiger partial charge in [0.2, 0.25) is 11.8 Å². The average Bonchev–Trinajstić information content (AvgIpc) is 3.15. The van der Waals surface area contributed by atoms with Gasteiger partial charge in [-0.05, 0) is 62.4 Å². The van der Waals surface area contributed by atoms with Crippen LogP contribution in [0.5, 0.6) is 0 Å². The predicted molar refractivity (Wildman–Crippen MR) is 118 cm³/mol. The molecule has 3 aromatic rings. The van der Waals surface area contributed by atoms with Crippen LogP contribution in [0.15, 0.2) is 54.7 Å². The van der Waals surface area contributed by atoms with E-state index in [-0.39, 0.29) is 37.0 Å². The maximum Gasteiger partial charge on any atom is 0.242 e. The Kier molecular flexibility index (Phi) is 7.18. The fourth-order valence-corrected chi connectivity index (χ4v) is 3.47. The second-order valence-corrected chi connectivity index (χ2v) is 7.26. The molecule has 31 heavy (non-hydrogen) atoms. The van der Waals surface area contributed by atoms with Crippen molar-refractivity contribution in [1.29, 1.82) is 0 Å². The summed E-state index contributed by atoms with van der Waals surface area (Å²) in [5, 5.41) is 3.71. The molecule has 2 aromatic carbocycles. The zero-order chi connectivity index (χ0) is 22.4. The number of Topliss-reactive ketones (excluding diaryl/α,β-unsaturated/α-hetero) is 1. The Labute approximate surface area is 180 Å². The van der Waals surface area contributed by atoms with Gasteiger partial charge in [-0.15, -0.1) is 0 Å². The third-order valence-corrected chi connectivity index (χ3v) is 5.22. The maximum absolute atomic E-state index is 13.0. The molecule has 7 heteroatoms. The number of benzene rings is 2. The molecule has 2 amide bonds. The molecule has 162 valence electrons. The van der Waals surface area contributed by atoms with Crippen LogP contribution in [-0.4, -0.2) is 40.2 Å². The van der Waals surface area contributed by atoms with E-state index in [9.17, 15) is 18.8 Å². The number of carbonyl (C=O) groups excluding carboxylic acids is 3. The van der Waals surface area contributed by atoms with E-state index in [1.165, 1.54) is 24.3 Å². The summed E-state index contributed by atoms with van der Waals surface area (Å²) in [4.78, 5) is 38.5. The number of likely N-dealkylation sites (N-methyl/N-ethyl adjacent to an activating group) is 1. The van der Waals surface area contributed by atoms with Crippen LogP contribution in [0.25, 0.3) is 10.9 Å². The van der Waals surface area contributed by atoms with Gasteiger partial charge in [0.1, 0.15) is 12.4 Å². The quantitative estimate of drug-likeness (QED) is 0.523. The smallest absolute Gasteiger partial charge is 0.242 e. The molecule has 1 N–H and O–H groups in total. The van der Waals surface area contributed by atoms with Crippen molar-refractivity contribution in [3.63, 3.8) is 0 Å². The molecule has 6 nitrogen and oxygen atoms in total. The molecule has 0 fully saturated rings. The third-order valence-electron chi connectivity index (χ3n) is 5.22. The third kappa shape index (κ3) is 5.57. The summed E-state index contributed by atoms with van der Waals surface area (Å²) in [5.41, 5.74) is 1.92. The minimum atomic E-state index is -0.407. The van der Waals surface area contributed by atoms with Crippen LogP contribution in [0.3, 0.4) is 0 Å². The summed E-state index contributed by atoms with van der Waals surface area (Å²) >= 11 is 0. The lowest BCUT2D eigenvalue weighted by Crippen LogP contribution is -2.33. The van der Waals surface area contributed by atoms with E-state index in [0.717, 1.165) is 10.9 Å². The van der Waals surface area contributed by atoms with E-state index >= 15 is 0 Å². The highest BCUT2D eigenvalue weighted by Crippen LogP contribution is 2.21. The Bertz CT molecular complexity index is 1090. The van der Waals surface area contributed by atoms with E-state index in [4.69, 9.17) is 0 Å². The molecule has 0 atom stereocenters.